The Morgan fingerprint density at radius 1 is 1.13 bits per heavy atom. The Morgan fingerprint density at radius 2 is 1.87 bits per heavy atom. The van der Waals surface area contributed by atoms with Crippen molar-refractivity contribution in [2.45, 2.75) is 11.2 Å². The monoisotopic (exact) mass is 456 g/mol. The molecule has 0 atom stereocenters. The number of hydrogen-bond acceptors (Lipinski definition) is 7. The van der Waals surface area contributed by atoms with E-state index in [1.54, 1.807) is 12.1 Å². The van der Waals surface area contributed by atoms with E-state index in [0.29, 0.717) is 22.8 Å². The van der Waals surface area contributed by atoms with Gasteiger partial charge in [-0.25, -0.2) is 9.97 Å². The zero-order valence-corrected chi connectivity index (χ0v) is 16.5. The van der Waals surface area contributed by atoms with Crippen molar-refractivity contribution in [3.05, 3.63) is 53.3 Å². The molecule has 0 saturated heterocycles. The molecule has 1 N–H and O–H groups in total. The Hall–Kier alpha value is -2.92. The maximum absolute atomic E-state index is 12.6. The molecule has 0 aliphatic heterocycles. The van der Waals surface area contributed by atoms with Crippen LogP contribution in [0.25, 0.3) is 11.0 Å². The number of benzene rings is 1. The predicted octanol–water partition coefficient (Wildman–Crippen LogP) is 3.97. The Labute approximate surface area is 177 Å². The molecule has 0 saturated carbocycles. The van der Waals surface area contributed by atoms with Gasteiger partial charge in [0.2, 0.25) is 0 Å². The number of rotatable bonds is 6. The summed E-state index contributed by atoms with van der Waals surface area (Å²) in [6, 6.07) is 7.88. The zero-order chi connectivity index (χ0) is 21.7. The van der Waals surface area contributed by atoms with E-state index in [0.717, 1.165) is 17.3 Å². The number of amides is 1. The van der Waals surface area contributed by atoms with Crippen LogP contribution in [0, 0.1) is 0 Å². The minimum atomic E-state index is -4.61. The normalized spacial score (nSPS) is 11.3. The highest BCUT2D eigenvalue weighted by atomic mass is 35.5. The van der Waals surface area contributed by atoms with Crippen LogP contribution in [0.1, 0.15) is 5.56 Å². The number of nitrogens with zero attached hydrogens (tertiary/aromatic N) is 3. The number of nitrogens with one attached hydrogen (secondary N) is 1. The third-order valence-corrected chi connectivity index (χ3v) is 4.72. The average Bonchev–Trinajstić information content (AvgIpc) is 2.71. The number of anilines is 1. The van der Waals surface area contributed by atoms with Crippen LogP contribution in [-0.2, 0) is 20.5 Å². The number of esters is 1. The lowest BCUT2D eigenvalue weighted by atomic mass is 10.3. The van der Waals surface area contributed by atoms with E-state index < -0.39 is 35.2 Å². The molecule has 30 heavy (non-hydrogen) atoms. The zero-order valence-electron chi connectivity index (χ0n) is 14.9. The standard InChI is InChI=1S/C18H12ClF3N4O3S/c19-11-5-10(18(20,21)22)6-24-17(11)26-14(27)8-29-16(28)9-30-15-7-23-12-3-1-2-4-13(12)25-15/h1-7H,8-9H2,(H,24,26,27). The number of pyridine rings is 1. The minimum absolute atomic E-state index is 0.112. The van der Waals surface area contributed by atoms with E-state index in [-0.39, 0.29) is 11.6 Å². The second-order valence-corrected chi connectivity index (χ2v) is 7.15. The van der Waals surface area contributed by atoms with Crippen molar-refractivity contribution in [1.82, 2.24) is 15.0 Å². The SMILES string of the molecule is O=C(COC(=O)CSc1cnc2ccccc2n1)Nc1ncc(C(F)(F)F)cc1Cl. The number of para-hydroxylation sites is 2. The summed E-state index contributed by atoms with van der Waals surface area (Å²) in [5, 5.41) is 2.30. The lowest BCUT2D eigenvalue weighted by Crippen LogP contribution is -2.22. The van der Waals surface area contributed by atoms with Crippen LogP contribution in [0.15, 0.2) is 47.8 Å². The molecule has 1 amide bonds. The van der Waals surface area contributed by atoms with E-state index in [4.69, 9.17) is 16.3 Å². The summed E-state index contributed by atoms with van der Waals surface area (Å²) in [4.78, 5) is 35.7. The summed E-state index contributed by atoms with van der Waals surface area (Å²) >= 11 is 6.79. The summed E-state index contributed by atoms with van der Waals surface area (Å²) in [5.74, 6) is -1.87. The largest absolute Gasteiger partial charge is 0.455 e. The first kappa shape index (κ1) is 21.8. The van der Waals surface area contributed by atoms with Crippen LogP contribution in [0.4, 0.5) is 19.0 Å². The average molecular weight is 457 g/mol. The van der Waals surface area contributed by atoms with Gasteiger partial charge in [-0.15, -0.1) is 0 Å². The van der Waals surface area contributed by atoms with Gasteiger partial charge in [-0.05, 0) is 18.2 Å². The van der Waals surface area contributed by atoms with Gasteiger partial charge in [-0.2, -0.15) is 13.2 Å². The Kier molecular flexibility index (Phi) is 6.73. The number of carbonyl (C=O) groups is 2. The van der Waals surface area contributed by atoms with E-state index in [9.17, 15) is 22.8 Å². The van der Waals surface area contributed by atoms with Crippen LogP contribution >= 0.6 is 23.4 Å². The maximum atomic E-state index is 12.6. The van der Waals surface area contributed by atoms with Gasteiger partial charge in [0.05, 0.1) is 33.6 Å². The highest BCUT2D eigenvalue weighted by molar-refractivity contribution is 7.99. The summed E-state index contributed by atoms with van der Waals surface area (Å²) in [6.45, 7) is -0.651. The number of thioether (sulfide) groups is 1. The number of halogens is 4. The molecule has 7 nitrogen and oxygen atoms in total. The van der Waals surface area contributed by atoms with Crippen molar-refractivity contribution in [3.63, 3.8) is 0 Å². The molecule has 3 aromatic rings. The van der Waals surface area contributed by atoms with Gasteiger partial charge in [0.25, 0.3) is 5.91 Å². The second kappa shape index (κ2) is 9.26. The highest BCUT2D eigenvalue weighted by Gasteiger charge is 2.31. The van der Waals surface area contributed by atoms with E-state index in [2.05, 4.69) is 20.3 Å². The molecule has 0 radical (unpaired) electrons. The van der Waals surface area contributed by atoms with Crippen molar-refractivity contribution in [2.75, 3.05) is 17.7 Å². The second-order valence-electron chi connectivity index (χ2n) is 5.75. The molecule has 1 aromatic carbocycles. The molecule has 0 aliphatic carbocycles. The van der Waals surface area contributed by atoms with E-state index in [1.807, 2.05) is 12.1 Å². The Bertz CT molecular complexity index is 1100. The molecule has 156 valence electrons. The number of hydrogen-bond donors (Lipinski definition) is 1. The van der Waals surface area contributed by atoms with Crippen molar-refractivity contribution in [3.8, 4) is 0 Å². The van der Waals surface area contributed by atoms with Gasteiger partial charge in [-0.3, -0.25) is 14.6 Å². The number of ether oxygens (including phenoxy) is 1. The van der Waals surface area contributed by atoms with E-state index >= 15 is 0 Å². The van der Waals surface area contributed by atoms with Gasteiger partial charge in [-0.1, -0.05) is 35.5 Å². The van der Waals surface area contributed by atoms with Crippen LogP contribution in [0.5, 0.6) is 0 Å². The fourth-order valence-corrected chi connectivity index (χ4v) is 3.04. The molecule has 3 rings (SSSR count). The molecule has 0 spiro atoms. The molecule has 2 aromatic heterocycles. The van der Waals surface area contributed by atoms with Crippen molar-refractivity contribution in [2.24, 2.45) is 0 Å². The van der Waals surface area contributed by atoms with Gasteiger partial charge < -0.3 is 10.1 Å². The molecule has 0 bridgehead atoms. The first-order chi connectivity index (χ1) is 14.2. The van der Waals surface area contributed by atoms with Crippen molar-refractivity contribution >= 4 is 52.1 Å². The van der Waals surface area contributed by atoms with Crippen LogP contribution in [0.3, 0.4) is 0 Å². The van der Waals surface area contributed by atoms with Crippen LogP contribution in [-0.4, -0.2) is 39.2 Å². The summed E-state index contributed by atoms with van der Waals surface area (Å²) in [7, 11) is 0. The molecule has 12 heteroatoms. The molecule has 0 fully saturated rings. The van der Waals surface area contributed by atoms with Crippen LogP contribution in [0.2, 0.25) is 5.02 Å². The van der Waals surface area contributed by atoms with E-state index in [1.165, 1.54) is 6.20 Å². The fourth-order valence-electron chi connectivity index (χ4n) is 2.18. The van der Waals surface area contributed by atoms with Gasteiger partial charge in [0.1, 0.15) is 5.03 Å². The van der Waals surface area contributed by atoms with Crippen LogP contribution < -0.4 is 5.32 Å². The minimum Gasteiger partial charge on any atom is -0.455 e. The lowest BCUT2D eigenvalue weighted by molar-refractivity contribution is -0.144. The van der Waals surface area contributed by atoms with Gasteiger partial charge in [0, 0.05) is 6.20 Å². The smallest absolute Gasteiger partial charge is 0.417 e. The first-order valence-electron chi connectivity index (χ1n) is 8.25. The molecule has 0 unspecified atom stereocenters. The number of carbonyl (C=O) groups excluding carboxylic acids is 2. The van der Waals surface area contributed by atoms with Crippen molar-refractivity contribution < 1.29 is 27.5 Å². The van der Waals surface area contributed by atoms with Crippen molar-refractivity contribution in [1.29, 1.82) is 0 Å². The molecular formula is C18H12ClF3N4O3S. The number of alkyl halides is 3. The van der Waals surface area contributed by atoms with Gasteiger partial charge in [0.15, 0.2) is 12.4 Å². The Morgan fingerprint density at radius 3 is 2.57 bits per heavy atom. The number of fused-ring (bicyclic) bond motifs is 1. The third-order valence-electron chi connectivity index (χ3n) is 3.55. The highest BCUT2D eigenvalue weighted by Crippen LogP contribution is 2.32. The molecule has 0 aliphatic rings. The number of aromatic nitrogens is 3. The maximum Gasteiger partial charge on any atom is 0.417 e. The third kappa shape index (κ3) is 5.80. The quantitative estimate of drug-likeness (QED) is 0.443. The molecular weight excluding hydrogens is 445 g/mol. The first-order valence-corrected chi connectivity index (χ1v) is 9.61. The summed E-state index contributed by atoms with van der Waals surface area (Å²) in [6.07, 6.45) is -2.55. The topological polar surface area (TPSA) is 94.1 Å². The summed E-state index contributed by atoms with van der Waals surface area (Å²) in [5.41, 5.74) is 0.346. The summed E-state index contributed by atoms with van der Waals surface area (Å²) < 4.78 is 42.6. The lowest BCUT2D eigenvalue weighted by Gasteiger charge is -2.10. The predicted molar refractivity (Wildman–Crippen MR) is 104 cm³/mol. The molecule has 2 heterocycles. The Balaban J connectivity index is 1.47. The van der Waals surface area contributed by atoms with Gasteiger partial charge >= 0.3 is 12.1 Å². The fraction of sp³-hybridized carbons (Fsp3) is 0.167.